The molecule has 0 bridgehead atoms. The van der Waals surface area contributed by atoms with Gasteiger partial charge in [0.25, 0.3) is 0 Å². The summed E-state index contributed by atoms with van der Waals surface area (Å²) in [4.78, 5) is 38.6. The number of halogens is 3. The Hall–Kier alpha value is -3.78. The number of hydrogen-bond donors (Lipinski definition) is 2. The number of aryl methyl sites for hydroxylation is 1. The molecule has 13 heteroatoms. The van der Waals surface area contributed by atoms with Crippen LogP contribution in [0.3, 0.4) is 0 Å². The third kappa shape index (κ3) is 13.1. The third-order valence-electron chi connectivity index (χ3n) is 8.57. The van der Waals surface area contributed by atoms with Crippen LogP contribution in [0.15, 0.2) is 42.5 Å². The largest absolute Gasteiger partial charge is 0.471 e. The molecule has 0 atom stereocenters. The fourth-order valence-corrected chi connectivity index (χ4v) is 5.98. The number of para-hydroxylation sites is 1. The van der Waals surface area contributed by atoms with E-state index in [1.165, 1.54) is 33.4 Å². The molecule has 0 spiro atoms. The molecule has 280 valence electrons. The number of unbranched alkanes of at least 4 members (excludes halogenated alkanes) is 2. The average Bonchev–Trinajstić information content (AvgIpc) is 3.89. The van der Waals surface area contributed by atoms with E-state index in [1.807, 2.05) is 4.90 Å². The lowest BCUT2D eigenvalue weighted by molar-refractivity contribution is -0.173. The molecule has 3 amide bonds. The number of alkyl halides is 3. The Morgan fingerprint density at radius 3 is 2.08 bits per heavy atom. The van der Waals surface area contributed by atoms with Crippen LogP contribution in [0.4, 0.5) is 18.9 Å². The van der Waals surface area contributed by atoms with Gasteiger partial charge in [-0.1, -0.05) is 62.2 Å². The van der Waals surface area contributed by atoms with Crippen LogP contribution in [0.1, 0.15) is 74.1 Å². The second-order valence-electron chi connectivity index (χ2n) is 12.4. The summed E-state index contributed by atoms with van der Waals surface area (Å²) in [5, 5.41) is 4.63. The Balaban J connectivity index is 1.01. The second-order valence-corrected chi connectivity index (χ2v) is 12.4. The number of nitrogens with one attached hydrogen (secondary N) is 2. The molecule has 0 aromatic heterocycles. The highest BCUT2D eigenvalue weighted by Gasteiger charge is 2.38. The van der Waals surface area contributed by atoms with Crippen LogP contribution < -0.4 is 15.5 Å². The van der Waals surface area contributed by atoms with E-state index in [9.17, 15) is 27.6 Å². The Bertz CT molecular complexity index is 1480. The maximum absolute atomic E-state index is 13.8. The predicted molar refractivity (Wildman–Crippen MR) is 188 cm³/mol. The van der Waals surface area contributed by atoms with E-state index in [-0.39, 0.29) is 51.2 Å². The van der Waals surface area contributed by atoms with Gasteiger partial charge < -0.3 is 34.5 Å². The van der Waals surface area contributed by atoms with Crippen molar-refractivity contribution >= 4 is 34.6 Å². The Morgan fingerprint density at radius 1 is 0.725 bits per heavy atom. The van der Waals surface area contributed by atoms with Gasteiger partial charge in [-0.05, 0) is 53.5 Å². The fraction of sp³-hybridized carbons (Fsp3) is 0.553. The van der Waals surface area contributed by atoms with Gasteiger partial charge in [0, 0.05) is 31.5 Å². The van der Waals surface area contributed by atoms with Crippen LogP contribution in [-0.4, -0.2) is 89.8 Å². The molecule has 1 aliphatic carbocycles. The van der Waals surface area contributed by atoms with Crippen LogP contribution in [-0.2, 0) is 46.3 Å². The van der Waals surface area contributed by atoms with Crippen molar-refractivity contribution in [2.75, 3.05) is 70.8 Å². The van der Waals surface area contributed by atoms with Crippen molar-refractivity contribution in [2.24, 2.45) is 0 Å². The molecule has 2 N–H and O–H groups in total. The zero-order valence-corrected chi connectivity index (χ0v) is 29.4. The number of allylic oxidation sites excluding steroid dienone is 2. The maximum Gasteiger partial charge on any atom is 0.471 e. The summed E-state index contributed by atoms with van der Waals surface area (Å²) in [5.74, 6) is -1.94. The van der Waals surface area contributed by atoms with Gasteiger partial charge in [-0.25, -0.2) is 0 Å². The molecule has 0 fully saturated rings. The molecule has 10 nitrogen and oxygen atoms in total. The minimum absolute atomic E-state index is 0.0514. The first-order chi connectivity index (χ1) is 24.7. The zero-order valence-electron chi connectivity index (χ0n) is 29.4. The van der Waals surface area contributed by atoms with Crippen molar-refractivity contribution in [1.29, 1.82) is 0 Å². The van der Waals surface area contributed by atoms with E-state index in [0.717, 1.165) is 44.2 Å². The normalized spacial score (nSPS) is 13.5. The second kappa shape index (κ2) is 20.9. The number of carbonyl (C=O) groups excluding carboxylic acids is 3. The number of amides is 3. The van der Waals surface area contributed by atoms with Crippen molar-refractivity contribution in [3.05, 3.63) is 64.7 Å². The van der Waals surface area contributed by atoms with Gasteiger partial charge in [0.15, 0.2) is 0 Å². The molecule has 4 rings (SSSR count). The average molecular weight is 718 g/mol. The summed E-state index contributed by atoms with van der Waals surface area (Å²) in [6.45, 7) is 5.01. The molecular formula is C38H50F3N3O7. The molecule has 2 aromatic carbocycles. The molecule has 51 heavy (non-hydrogen) atoms. The fourth-order valence-electron chi connectivity index (χ4n) is 5.98. The van der Waals surface area contributed by atoms with Gasteiger partial charge in [-0.15, -0.1) is 0 Å². The lowest BCUT2D eigenvalue weighted by Gasteiger charge is -2.29. The highest BCUT2D eigenvalue weighted by Crippen LogP contribution is 2.53. The SMILES string of the molecule is CCCc1cccc2c1N(C(=O)CCCCCNC(=O)CCOCCOCCOCCOCCNC(=O)C(F)(F)F)Cc1ccccc1C1=C2C1. The van der Waals surface area contributed by atoms with E-state index in [0.29, 0.717) is 45.9 Å². The van der Waals surface area contributed by atoms with Crippen molar-refractivity contribution < 1.29 is 46.5 Å². The Labute approximate surface area is 298 Å². The molecular weight excluding hydrogens is 667 g/mol. The number of ether oxygens (including phenoxy) is 4. The van der Waals surface area contributed by atoms with E-state index in [1.54, 1.807) is 5.32 Å². The molecule has 0 saturated heterocycles. The first kappa shape index (κ1) is 40.0. The van der Waals surface area contributed by atoms with Crippen molar-refractivity contribution in [3.8, 4) is 0 Å². The van der Waals surface area contributed by atoms with Crippen LogP contribution in [0, 0.1) is 0 Å². The quantitative estimate of drug-likeness (QED) is 0.144. The summed E-state index contributed by atoms with van der Waals surface area (Å²) < 4.78 is 57.4. The monoisotopic (exact) mass is 717 g/mol. The summed E-state index contributed by atoms with van der Waals surface area (Å²) in [5.41, 5.74) is 8.72. The van der Waals surface area contributed by atoms with E-state index >= 15 is 0 Å². The summed E-state index contributed by atoms with van der Waals surface area (Å²) in [6, 6.07) is 14.9. The molecule has 1 heterocycles. The van der Waals surface area contributed by atoms with Gasteiger partial charge >= 0.3 is 12.1 Å². The first-order valence-electron chi connectivity index (χ1n) is 17.9. The van der Waals surface area contributed by atoms with E-state index in [2.05, 4.69) is 54.7 Å². The van der Waals surface area contributed by atoms with Gasteiger partial charge in [-0.2, -0.15) is 13.2 Å². The van der Waals surface area contributed by atoms with Crippen LogP contribution in [0.2, 0.25) is 0 Å². The summed E-state index contributed by atoms with van der Waals surface area (Å²) >= 11 is 0. The highest BCUT2D eigenvalue weighted by atomic mass is 19.4. The molecule has 0 saturated carbocycles. The Morgan fingerprint density at radius 2 is 1.37 bits per heavy atom. The summed E-state index contributed by atoms with van der Waals surface area (Å²) in [6.07, 6.45) is 1.10. The lowest BCUT2D eigenvalue weighted by Crippen LogP contribution is -2.38. The topological polar surface area (TPSA) is 115 Å². The van der Waals surface area contributed by atoms with Crippen molar-refractivity contribution in [2.45, 2.75) is 71.0 Å². The maximum atomic E-state index is 13.8. The number of rotatable bonds is 23. The number of anilines is 1. The van der Waals surface area contributed by atoms with E-state index < -0.39 is 12.1 Å². The minimum atomic E-state index is -4.90. The van der Waals surface area contributed by atoms with Crippen LogP contribution in [0.5, 0.6) is 0 Å². The van der Waals surface area contributed by atoms with Gasteiger partial charge in [0.1, 0.15) is 0 Å². The lowest BCUT2D eigenvalue weighted by atomic mass is 9.96. The minimum Gasteiger partial charge on any atom is -0.379 e. The number of fused-ring (bicyclic) bond motifs is 4. The highest BCUT2D eigenvalue weighted by molar-refractivity contribution is 6.13. The van der Waals surface area contributed by atoms with E-state index in [4.69, 9.17) is 18.9 Å². The molecule has 2 aromatic rings. The zero-order chi connectivity index (χ0) is 36.5. The van der Waals surface area contributed by atoms with Crippen molar-refractivity contribution in [3.63, 3.8) is 0 Å². The van der Waals surface area contributed by atoms with Crippen molar-refractivity contribution in [1.82, 2.24) is 10.6 Å². The standard InChI is InChI=1S/C38H50F3N3O7/c1-2-9-28-11-8-13-31-33-26-32(33)30-12-6-5-10-29(30)27-44(36(28)31)35(46)14-4-3-7-16-42-34(45)15-18-48-20-22-50-24-25-51-23-21-49-19-17-43-37(47)38(39,40)41/h5-6,8,10-13H,2-4,7,9,14-27H2,1H3,(H,42,45)(H,43,47). The predicted octanol–water partition coefficient (Wildman–Crippen LogP) is 5.61. The van der Waals surface area contributed by atoms with Gasteiger partial charge in [-0.3, -0.25) is 14.4 Å². The number of carbonyl (C=O) groups is 3. The first-order valence-corrected chi connectivity index (χ1v) is 17.9. The molecule has 0 radical (unpaired) electrons. The summed E-state index contributed by atoms with van der Waals surface area (Å²) in [7, 11) is 0. The van der Waals surface area contributed by atoms with Crippen LogP contribution in [0.25, 0.3) is 11.1 Å². The van der Waals surface area contributed by atoms with Gasteiger partial charge in [0.05, 0.1) is 65.1 Å². The Kier molecular flexibility index (Phi) is 16.4. The molecule has 1 aliphatic heterocycles. The van der Waals surface area contributed by atoms with Crippen LogP contribution >= 0.6 is 0 Å². The van der Waals surface area contributed by atoms with Gasteiger partial charge in [0.2, 0.25) is 11.8 Å². The third-order valence-corrected chi connectivity index (χ3v) is 8.57. The molecule has 2 aliphatic rings. The number of nitrogens with zero attached hydrogens (tertiary/aromatic N) is 1. The smallest absolute Gasteiger partial charge is 0.379 e. The number of hydrogen-bond acceptors (Lipinski definition) is 7. The number of benzene rings is 2. The molecule has 0 unspecified atom stereocenters.